The largest absolute Gasteiger partial charge is 0.480 e. The van der Waals surface area contributed by atoms with E-state index in [0.717, 1.165) is 0 Å². The normalized spacial score (nSPS) is 11.6. The average Bonchev–Trinajstić information content (AvgIpc) is 2.50. The van der Waals surface area contributed by atoms with Crippen molar-refractivity contribution in [3.8, 4) is 5.75 Å². The van der Waals surface area contributed by atoms with Crippen molar-refractivity contribution >= 4 is 41.1 Å². The summed E-state index contributed by atoms with van der Waals surface area (Å²) in [5.41, 5.74) is 0.821. The lowest BCUT2D eigenvalue weighted by Crippen LogP contribution is -2.30. The van der Waals surface area contributed by atoms with Crippen LogP contribution >= 0.6 is 23.2 Å². The van der Waals surface area contributed by atoms with Crippen molar-refractivity contribution in [3.05, 3.63) is 58.1 Å². The monoisotopic (exact) mass is 337 g/mol. The molecule has 0 aliphatic rings. The van der Waals surface area contributed by atoms with Crippen LogP contribution in [0.5, 0.6) is 5.75 Å². The molecule has 0 heterocycles. The lowest BCUT2D eigenvalue weighted by atomic mass is 10.2. The van der Waals surface area contributed by atoms with Gasteiger partial charge >= 0.3 is 0 Å². The fourth-order valence-corrected chi connectivity index (χ4v) is 2.21. The highest BCUT2D eigenvalue weighted by Gasteiger charge is 2.17. The van der Waals surface area contributed by atoms with E-state index >= 15 is 0 Å². The van der Waals surface area contributed by atoms with Crippen molar-refractivity contribution in [3.63, 3.8) is 0 Å². The molecule has 0 saturated heterocycles. The zero-order chi connectivity index (χ0) is 16.1. The molecule has 0 radical (unpaired) electrons. The second-order valence-corrected chi connectivity index (χ2v) is 5.37. The molecule has 0 aliphatic carbocycles. The van der Waals surface area contributed by atoms with E-state index in [9.17, 15) is 9.59 Å². The molecule has 0 unspecified atom stereocenters. The fourth-order valence-electron chi connectivity index (χ4n) is 1.75. The number of rotatable bonds is 5. The molecule has 6 heteroatoms. The van der Waals surface area contributed by atoms with Crippen LogP contribution in [0, 0.1) is 0 Å². The van der Waals surface area contributed by atoms with Crippen molar-refractivity contribution in [2.75, 3.05) is 5.32 Å². The molecule has 0 spiro atoms. The lowest BCUT2D eigenvalue weighted by Gasteiger charge is -2.16. The van der Waals surface area contributed by atoms with Crippen molar-refractivity contribution < 1.29 is 14.3 Å². The molecular formula is C16H13Cl2NO3. The molecule has 0 aromatic heterocycles. The maximum Gasteiger partial charge on any atom is 0.265 e. The van der Waals surface area contributed by atoms with E-state index in [1.807, 2.05) is 0 Å². The number of para-hydroxylation sites is 1. The molecule has 1 N–H and O–H groups in total. The van der Waals surface area contributed by atoms with Gasteiger partial charge in [0.2, 0.25) is 0 Å². The SMILES string of the molecule is C[C@@H](Oc1ccccc1C=O)C(=O)Nc1ccc(Cl)cc1Cl. The minimum atomic E-state index is -0.798. The molecule has 1 amide bonds. The molecule has 2 aromatic rings. The second kappa shape index (κ2) is 7.29. The number of benzene rings is 2. The van der Waals surface area contributed by atoms with Gasteiger partial charge in [-0.15, -0.1) is 0 Å². The van der Waals surface area contributed by atoms with Gasteiger partial charge in [-0.25, -0.2) is 0 Å². The molecule has 0 bridgehead atoms. The third-order valence-electron chi connectivity index (χ3n) is 2.91. The van der Waals surface area contributed by atoms with Crippen molar-refractivity contribution in [1.82, 2.24) is 0 Å². The van der Waals surface area contributed by atoms with E-state index in [-0.39, 0.29) is 5.91 Å². The molecule has 0 saturated carbocycles. The van der Waals surface area contributed by atoms with Crippen LogP contribution in [-0.2, 0) is 4.79 Å². The van der Waals surface area contributed by atoms with Crippen LogP contribution in [0.1, 0.15) is 17.3 Å². The second-order valence-electron chi connectivity index (χ2n) is 4.53. The van der Waals surface area contributed by atoms with E-state index in [0.29, 0.717) is 33.3 Å². The van der Waals surface area contributed by atoms with E-state index < -0.39 is 6.10 Å². The Kier molecular flexibility index (Phi) is 5.41. The number of hydrogen-bond donors (Lipinski definition) is 1. The topological polar surface area (TPSA) is 55.4 Å². The zero-order valence-electron chi connectivity index (χ0n) is 11.7. The Morgan fingerprint density at radius 2 is 1.95 bits per heavy atom. The van der Waals surface area contributed by atoms with Crippen molar-refractivity contribution in [2.45, 2.75) is 13.0 Å². The third kappa shape index (κ3) is 4.00. The molecule has 1 atom stereocenters. The van der Waals surface area contributed by atoms with E-state index in [1.54, 1.807) is 43.3 Å². The summed E-state index contributed by atoms with van der Waals surface area (Å²) in [6, 6.07) is 11.4. The van der Waals surface area contributed by atoms with Crippen molar-refractivity contribution in [2.24, 2.45) is 0 Å². The standard InChI is InChI=1S/C16H13Cl2NO3/c1-10(22-15-5-3-2-4-11(15)9-20)16(21)19-14-7-6-12(17)8-13(14)18/h2-10H,1H3,(H,19,21)/t10-/m1/s1. The molecule has 4 nitrogen and oxygen atoms in total. The first-order chi connectivity index (χ1) is 10.5. The Morgan fingerprint density at radius 1 is 1.23 bits per heavy atom. The summed E-state index contributed by atoms with van der Waals surface area (Å²) in [4.78, 5) is 23.1. The van der Waals surface area contributed by atoms with E-state index in [4.69, 9.17) is 27.9 Å². The van der Waals surface area contributed by atoms with Gasteiger partial charge < -0.3 is 10.1 Å². The van der Waals surface area contributed by atoms with Gasteiger partial charge in [-0.3, -0.25) is 9.59 Å². The van der Waals surface area contributed by atoms with Gasteiger partial charge in [-0.05, 0) is 37.3 Å². The quantitative estimate of drug-likeness (QED) is 0.831. The van der Waals surface area contributed by atoms with E-state index in [1.165, 1.54) is 6.07 Å². The Morgan fingerprint density at radius 3 is 2.64 bits per heavy atom. The Bertz CT molecular complexity index is 704. The minimum Gasteiger partial charge on any atom is -0.480 e. The molecule has 2 aromatic carbocycles. The summed E-state index contributed by atoms with van der Waals surface area (Å²) >= 11 is 11.8. The maximum absolute atomic E-state index is 12.1. The van der Waals surface area contributed by atoms with Crippen LogP contribution in [0.15, 0.2) is 42.5 Å². The van der Waals surface area contributed by atoms with Gasteiger partial charge in [-0.1, -0.05) is 35.3 Å². The molecular weight excluding hydrogens is 325 g/mol. The number of aldehydes is 1. The van der Waals surface area contributed by atoms with Crippen LogP contribution < -0.4 is 10.1 Å². The lowest BCUT2D eigenvalue weighted by molar-refractivity contribution is -0.122. The summed E-state index contributed by atoms with van der Waals surface area (Å²) in [5.74, 6) is -0.0349. The molecule has 0 fully saturated rings. The summed E-state index contributed by atoms with van der Waals surface area (Å²) in [6.07, 6.45) is -0.122. The number of amides is 1. The van der Waals surface area contributed by atoms with Crippen LogP contribution in [-0.4, -0.2) is 18.3 Å². The molecule has 22 heavy (non-hydrogen) atoms. The highest BCUT2D eigenvalue weighted by molar-refractivity contribution is 6.36. The Labute approximate surface area is 138 Å². The van der Waals surface area contributed by atoms with Crippen LogP contribution in [0.3, 0.4) is 0 Å². The Balaban J connectivity index is 2.07. The van der Waals surface area contributed by atoms with Crippen LogP contribution in [0.25, 0.3) is 0 Å². The fraction of sp³-hybridized carbons (Fsp3) is 0.125. The number of carbonyl (C=O) groups is 2. The summed E-state index contributed by atoms with van der Waals surface area (Å²) in [7, 11) is 0. The van der Waals surface area contributed by atoms with Gasteiger partial charge in [0.25, 0.3) is 5.91 Å². The highest BCUT2D eigenvalue weighted by Crippen LogP contribution is 2.26. The summed E-state index contributed by atoms with van der Waals surface area (Å²) in [5, 5.41) is 3.47. The molecule has 2 rings (SSSR count). The first-order valence-electron chi connectivity index (χ1n) is 6.48. The first kappa shape index (κ1) is 16.3. The van der Waals surface area contributed by atoms with Crippen molar-refractivity contribution in [1.29, 1.82) is 0 Å². The number of hydrogen-bond acceptors (Lipinski definition) is 3. The number of halogens is 2. The Hall–Kier alpha value is -2.04. The summed E-state index contributed by atoms with van der Waals surface area (Å²) in [6.45, 7) is 1.58. The van der Waals surface area contributed by atoms with Gasteiger partial charge in [0.15, 0.2) is 12.4 Å². The molecule has 114 valence electrons. The predicted molar refractivity (Wildman–Crippen MR) is 87.0 cm³/mol. The number of ether oxygens (including phenoxy) is 1. The number of carbonyl (C=O) groups excluding carboxylic acids is 2. The van der Waals surface area contributed by atoms with Gasteiger partial charge in [0, 0.05) is 5.02 Å². The summed E-state index contributed by atoms with van der Waals surface area (Å²) < 4.78 is 5.52. The minimum absolute atomic E-state index is 0.335. The van der Waals surface area contributed by atoms with Gasteiger partial charge in [0.05, 0.1) is 16.3 Å². The number of nitrogens with one attached hydrogen (secondary N) is 1. The van der Waals surface area contributed by atoms with Crippen LogP contribution in [0.2, 0.25) is 10.0 Å². The van der Waals surface area contributed by atoms with E-state index in [2.05, 4.69) is 5.32 Å². The zero-order valence-corrected chi connectivity index (χ0v) is 13.2. The smallest absolute Gasteiger partial charge is 0.265 e. The maximum atomic E-state index is 12.1. The third-order valence-corrected chi connectivity index (χ3v) is 3.46. The van der Waals surface area contributed by atoms with Gasteiger partial charge in [0.1, 0.15) is 5.75 Å². The first-order valence-corrected chi connectivity index (χ1v) is 7.23. The molecule has 0 aliphatic heterocycles. The average molecular weight is 338 g/mol. The van der Waals surface area contributed by atoms with Gasteiger partial charge in [-0.2, -0.15) is 0 Å². The predicted octanol–water partition coefficient (Wildman–Crippen LogP) is 4.21. The van der Waals surface area contributed by atoms with Crippen LogP contribution in [0.4, 0.5) is 5.69 Å². The highest BCUT2D eigenvalue weighted by atomic mass is 35.5. The number of anilines is 1.